The van der Waals surface area contributed by atoms with Crippen molar-refractivity contribution in [2.45, 2.75) is 53.2 Å². The minimum absolute atomic E-state index is 0.211. The molecule has 0 fully saturated rings. The standard InChI is InChI=1S/C16H22N4O4/c1-9(2)12-6-13-16(22)20(8-14(21)24-10(3)4)17-15(11(5)18-23)19(13)7-12/h6-7,9-10,23H,8H2,1-5H3/b18-11+. The largest absolute Gasteiger partial charge is 0.462 e. The van der Waals surface area contributed by atoms with E-state index in [1.165, 1.54) is 0 Å². The van der Waals surface area contributed by atoms with Crippen LogP contribution >= 0.6 is 0 Å². The summed E-state index contributed by atoms with van der Waals surface area (Å²) in [5.74, 6) is -0.0524. The fourth-order valence-electron chi connectivity index (χ4n) is 2.30. The van der Waals surface area contributed by atoms with Gasteiger partial charge in [-0.3, -0.25) is 14.0 Å². The molecule has 0 spiro atoms. The Hall–Kier alpha value is -2.64. The van der Waals surface area contributed by atoms with Crippen LogP contribution < -0.4 is 5.56 Å². The van der Waals surface area contributed by atoms with Crippen molar-refractivity contribution in [3.8, 4) is 0 Å². The summed E-state index contributed by atoms with van der Waals surface area (Å²) >= 11 is 0. The van der Waals surface area contributed by atoms with E-state index in [2.05, 4.69) is 10.3 Å². The molecule has 0 amide bonds. The number of carbonyl (C=O) groups is 1. The van der Waals surface area contributed by atoms with Gasteiger partial charge in [0, 0.05) is 6.20 Å². The lowest BCUT2D eigenvalue weighted by molar-refractivity contribution is -0.148. The molecule has 0 aromatic carbocycles. The average Bonchev–Trinajstić information content (AvgIpc) is 2.94. The van der Waals surface area contributed by atoms with Gasteiger partial charge in [0.05, 0.1) is 6.10 Å². The highest BCUT2D eigenvalue weighted by Gasteiger charge is 2.18. The molecule has 0 radical (unpaired) electrons. The zero-order chi connectivity index (χ0) is 18.0. The van der Waals surface area contributed by atoms with Crippen LogP contribution in [0.3, 0.4) is 0 Å². The van der Waals surface area contributed by atoms with Gasteiger partial charge in [-0.2, -0.15) is 0 Å². The molecule has 0 saturated carbocycles. The van der Waals surface area contributed by atoms with Gasteiger partial charge < -0.3 is 9.94 Å². The summed E-state index contributed by atoms with van der Waals surface area (Å²) in [6, 6.07) is 1.76. The zero-order valence-corrected chi connectivity index (χ0v) is 14.5. The number of carbonyl (C=O) groups excluding carboxylic acids is 1. The van der Waals surface area contributed by atoms with Crippen molar-refractivity contribution in [1.29, 1.82) is 0 Å². The number of ether oxygens (including phenoxy) is 1. The molecule has 0 aliphatic rings. The van der Waals surface area contributed by atoms with Gasteiger partial charge in [-0.1, -0.05) is 19.0 Å². The van der Waals surface area contributed by atoms with E-state index in [9.17, 15) is 9.59 Å². The number of fused-ring (bicyclic) bond motifs is 1. The van der Waals surface area contributed by atoms with Crippen LogP contribution in [-0.2, 0) is 16.1 Å². The third kappa shape index (κ3) is 3.47. The number of rotatable bonds is 5. The summed E-state index contributed by atoms with van der Waals surface area (Å²) in [7, 11) is 0. The average molecular weight is 334 g/mol. The highest BCUT2D eigenvalue weighted by atomic mass is 16.5. The predicted octanol–water partition coefficient (Wildman–Crippen LogP) is 1.77. The van der Waals surface area contributed by atoms with Gasteiger partial charge in [-0.15, -0.1) is 5.10 Å². The first-order chi connectivity index (χ1) is 11.2. The number of esters is 1. The Labute approximate surface area is 139 Å². The normalized spacial score (nSPS) is 12.4. The van der Waals surface area contributed by atoms with Crippen molar-refractivity contribution in [2.75, 3.05) is 0 Å². The van der Waals surface area contributed by atoms with Crippen LogP contribution in [-0.4, -0.2) is 37.2 Å². The highest BCUT2D eigenvalue weighted by molar-refractivity contribution is 5.95. The van der Waals surface area contributed by atoms with Crippen LogP contribution in [0.5, 0.6) is 0 Å². The number of oxime groups is 1. The van der Waals surface area contributed by atoms with E-state index in [-0.39, 0.29) is 30.1 Å². The first-order valence-corrected chi connectivity index (χ1v) is 7.76. The lowest BCUT2D eigenvalue weighted by Crippen LogP contribution is -2.32. The van der Waals surface area contributed by atoms with Gasteiger partial charge in [-0.05, 0) is 38.3 Å². The molecule has 24 heavy (non-hydrogen) atoms. The van der Waals surface area contributed by atoms with Crippen molar-refractivity contribution < 1.29 is 14.7 Å². The van der Waals surface area contributed by atoms with E-state index in [1.54, 1.807) is 37.4 Å². The van der Waals surface area contributed by atoms with Crippen molar-refractivity contribution in [3.63, 3.8) is 0 Å². The molecule has 0 aliphatic heterocycles. The first kappa shape index (κ1) is 17.7. The monoisotopic (exact) mass is 334 g/mol. The minimum Gasteiger partial charge on any atom is -0.462 e. The van der Waals surface area contributed by atoms with E-state index < -0.39 is 11.5 Å². The fourth-order valence-corrected chi connectivity index (χ4v) is 2.30. The summed E-state index contributed by atoms with van der Waals surface area (Å²) in [4.78, 5) is 24.5. The summed E-state index contributed by atoms with van der Waals surface area (Å²) in [5.41, 5.74) is 1.14. The van der Waals surface area contributed by atoms with E-state index in [1.807, 2.05) is 13.8 Å². The van der Waals surface area contributed by atoms with E-state index in [4.69, 9.17) is 9.94 Å². The SMILES string of the molecule is C/C(=N\O)c1nn(CC(=O)OC(C)C)c(=O)c2cc(C(C)C)cn12. The second kappa shape index (κ2) is 6.86. The molecule has 0 saturated heterocycles. The third-order valence-electron chi connectivity index (χ3n) is 3.52. The van der Waals surface area contributed by atoms with Gasteiger partial charge in [0.2, 0.25) is 0 Å². The van der Waals surface area contributed by atoms with E-state index >= 15 is 0 Å². The van der Waals surface area contributed by atoms with Crippen molar-refractivity contribution in [3.05, 3.63) is 34.0 Å². The Morgan fingerprint density at radius 2 is 2.04 bits per heavy atom. The molecule has 2 heterocycles. The zero-order valence-electron chi connectivity index (χ0n) is 14.5. The van der Waals surface area contributed by atoms with Gasteiger partial charge in [0.25, 0.3) is 5.56 Å². The van der Waals surface area contributed by atoms with Gasteiger partial charge in [0.1, 0.15) is 17.8 Å². The second-order valence-corrected chi connectivity index (χ2v) is 6.19. The molecule has 8 nitrogen and oxygen atoms in total. The second-order valence-electron chi connectivity index (χ2n) is 6.19. The Kier molecular flexibility index (Phi) is 5.06. The number of nitrogens with zero attached hydrogens (tertiary/aromatic N) is 4. The molecule has 8 heteroatoms. The fraction of sp³-hybridized carbons (Fsp3) is 0.500. The molecular formula is C16H22N4O4. The third-order valence-corrected chi connectivity index (χ3v) is 3.52. The van der Waals surface area contributed by atoms with E-state index in [0.717, 1.165) is 10.2 Å². The van der Waals surface area contributed by atoms with Crippen LogP contribution in [0.25, 0.3) is 5.52 Å². The summed E-state index contributed by atoms with van der Waals surface area (Å²) in [5, 5.41) is 16.4. The molecule has 1 N–H and O–H groups in total. The summed E-state index contributed by atoms with van der Waals surface area (Å²) in [6.07, 6.45) is 1.51. The Morgan fingerprint density at radius 1 is 1.38 bits per heavy atom. The molecule has 0 unspecified atom stereocenters. The summed E-state index contributed by atoms with van der Waals surface area (Å²) in [6.45, 7) is 8.74. The maximum absolute atomic E-state index is 12.6. The van der Waals surface area contributed by atoms with Gasteiger partial charge in [0.15, 0.2) is 5.82 Å². The Bertz CT molecular complexity index is 846. The van der Waals surface area contributed by atoms with Gasteiger partial charge >= 0.3 is 5.97 Å². The highest BCUT2D eigenvalue weighted by Crippen LogP contribution is 2.17. The van der Waals surface area contributed by atoms with Crippen LogP contribution in [0, 0.1) is 0 Å². The maximum atomic E-state index is 12.6. The number of hydrogen-bond donors (Lipinski definition) is 1. The molecule has 130 valence electrons. The maximum Gasteiger partial charge on any atom is 0.328 e. The van der Waals surface area contributed by atoms with Crippen LogP contribution in [0.1, 0.15) is 51.9 Å². The molecular weight excluding hydrogens is 312 g/mol. The molecule has 0 aliphatic carbocycles. The Balaban J connectivity index is 2.63. The molecule has 0 bridgehead atoms. The van der Waals surface area contributed by atoms with Crippen molar-refractivity contribution in [1.82, 2.24) is 14.2 Å². The quantitative estimate of drug-likeness (QED) is 0.389. The van der Waals surface area contributed by atoms with Crippen molar-refractivity contribution in [2.24, 2.45) is 5.16 Å². The molecule has 2 aromatic heterocycles. The van der Waals surface area contributed by atoms with Crippen molar-refractivity contribution >= 4 is 17.2 Å². The summed E-state index contributed by atoms with van der Waals surface area (Å²) < 4.78 is 7.68. The smallest absolute Gasteiger partial charge is 0.328 e. The van der Waals surface area contributed by atoms with Crippen LogP contribution in [0.15, 0.2) is 22.2 Å². The predicted molar refractivity (Wildman–Crippen MR) is 88.8 cm³/mol. The lowest BCUT2D eigenvalue weighted by Gasteiger charge is -2.11. The van der Waals surface area contributed by atoms with Gasteiger partial charge in [-0.25, -0.2) is 4.68 Å². The van der Waals surface area contributed by atoms with E-state index in [0.29, 0.717) is 5.52 Å². The lowest BCUT2D eigenvalue weighted by atomic mass is 10.1. The minimum atomic E-state index is -0.552. The van der Waals surface area contributed by atoms with Crippen LogP contribution in [0.2, 0.25) is 0 Å². The molecule has 2 aromatic rings. The number of aromatic nitrogens is 3. The molecule has 2 rings (SSSR count). The topological polar surface area (TPSA) is 98.2 Å². The van der Waals surface area contributed by atoms with Crippen LogP contribution in [0.4, 0.5) is 0 Å². The molecule has 0 atom stereocenters. The Morgan fingerprint density at radius 3 is 2.58 bits per heavy atom. The number of hydrogen-bond acceptors (Lipinski definition) is 6. The first-order valence-electron chi connectivity index (χ1n) is 7.76.